The number of fused-ring (bicyclic) bond motifs is 1. The van der Waals surface area contributed by atoms with Crippen LogP contribution in [0, 0.1) is 6.92 Å². The standard InChI is InChI=1S/C23H22N4O3S/c1-16-8-10-19(11-9-16)31(28,29)27-14-4-6-18(15-27)22-25-26-23(30-22)21-20-7-3-2-5-17(20)12-13-24-21/h2-3,5,7-13,18H,4,6,14-15H2,1H3/t18-/m1/s1. The zero-order chi connectivity index (χ0) is 21.4. The minimum atomic E-state index is -3.56. The van der Waals surface area contributed by atoms with Gasteiger partial charge in [-0.25, -0.2) is 8.42 Å². The van der Waals surface area contributed by atoms with Gasteiger partial charge in [0.15, 0.2) is 0 Å². The van der Waals surface area contributed by atoms with Crippen LogP contribution in [0.25, 0.3) is 22.4 Å². The molecule has 0 spiro atoms. The van der Waals surface area contributed by atoms with Gasteiger partial charge in [-0.2, -0.15) is 4.31 Å². The van der Waals surface area contributed by atoms with Gasteiger partial charge in [0.25, 0.3) is 5.89 Å². The van der Waals surface area contributed by atoms with Crippen LogP contribution >= 0.6 is 0 Å². The number of nitrogens with zero attached hydrogens (tertiary/aromatic N) is 4. The van der Waals surface area contributed by atoms with Gasteiger partial charge >= 0.3 is 0 Å². The molecule has 0 bridgehead atoms. The second kappa shape index (κ2) is 7.86. The first-order valence-electron chi connectivity index (χ1n) is 10.3. The van der Waals surface area contributed by atoms with Gasteiger partial charge in [0.05, 0.1) is 10.8 Å². The molecule has 158 valence electrons. The van der Waals surface area contributed by atoms with Crippen molar-refractivity contribution in [2.45, 2.75) is 30.6 Å². The highest BCUT2D eigenvalue weighted by atomic mass is 32.2. The first kappa shape index (κ1) is 19.8. The van der Waals surface area contributed by atoms with Gasteiger partial charge in [-0.3, -0.25) is 4.98 Å². The summed E-state index contributed by atoms with van der Waals surface area (Å²) in [5.41, 5.74) is 1.66. The highest BCUT2D eigenvalue weighted by molar-refractivity contribution is 7.89. The SMILES string of the molecule is Cc1ccc(S(=O)(=O)N2CCC[C@@H](c3nnc(-c4nccc5ccccc45)o3)C2)cc1. The fourth-order valence-corrected chi connectivity index (χ4v) is 5.53. The van der Waals surface area contributed by atoms with Crippen molar-refractivity contribution in [3.63, 3.8) is 0 Å². The van der Waals surface area contributed by atoms with Gasteiger partial charge in [0, 0.05) is 24.7 Å². The van der Waals surface area contributed by atoms with E-state index in [2.05, 4.69) is 15.2 Å². The molecular formula is C23H22N4O3S. The van der Waals surface area contributed by atoms with Crippen LogP contribution in [-0.4, -0.2) is 41.0 Å². The molecule has 1 fully saturated rings. The molecule has 1 atom stereocenters. The molecule has 0 aliphatic carbocycles. The summed E-state index contributed by atoms with van der Waals surface area (Å²) in [5, 5.41) is 10.4. The molecule has 0 unspecified atom stereocenters. The number of hydrogen-bond donors (Lipinski definition) is 0. The number of benzene rings is 2. The summed E-state index contributed by atoms with van der Waals surface area (Å²) < 4.78 is 33.7. The van der Waals surface area contributed by atoms with Gasteiger partial charge in [-0.05, 0) is 43.4 Å². The predicted octanol–water partition coefficient (Wildman–Crippen LogP) is 4.16. The molecule has 0 amide bonds. The Morgan fingerprint density at radius 1 is 1.03 bits per heavy atom. The Hall–Kier alpha value is -3.10. The summed E-state index contributed by atoms with van der Waals surface area (Å²) in [6.45, 7) is 2.74. The minimum absolute atomic E-state index is 0.148. The van der Waals surface area contributed by atoms with Crippen molar-refractivity contribution in [1.29, 1.82) is 0 Å². The molecule has 0 saturated carbocycles. The van der Waals surface area contributed by atoms with Gasteiger partial charge in [0.2, 0.25) is 15.9 Å². The van der Waals surface area contributed by atoms with Crippen molar-refractivity contribution in [1.82, 2.24) is 19.5 Å². The van der Waals surface area contributed by atoms with Gasteiger partial charge in [0.1, 0.15) is 5.69 Å². The largest absolute Gasteiger partial charge is 0.419 e. The lowest BCUT2D eigenvalue weighted by molar-refractivity contribution is 0.286. The number of rotatable bonds is 4. The van der Waals surface area contributed by atoms with E-state index in [1.165, 1.54) is 4.31 Å². The number of aromatic nitrogens is 3. The van der Waals surface area contributed by atoms with Crippen LogP contribution in [0.1, 0.15) is 30.2 Å². The van der Waals surface area contributed by atoms with Crippen molar-refractivity contribution in [2.24, 2.45) is 0 Å². The summed E-state index contributed by atoms with van der Waals surface area (Å²) in [6, 6.07) is 16.8. The van der Waals surface area contributed by atoms with E-state index < -0.39 is 10.0 Å². The molecule has 1 aliphatic rings. The molecule has 2 aromatic heterocycles. The molecule has 7 nitrogen and oxygen atoms in total. The zero-order valence-corrected chi connectivity index (χ0v) is 17.9. The number of pyridine rings is 1. The van der Waals surface area contributed by atoms with Crippen LogP contribution in [0.15, 0.2) is 70.1 Å². The molecular weight excluding hydrogens is 412 g/mol. The lowest BCUT2D eigenvalue weighted by Crippen LogP contribution is -2.39. The van der Waals surface area contributed by atoms with Crippen LogP contribution in [-0.2, 0) is 10.0 Å². The molecule has 1 aliphatic heterocycles. The monoisotopic (exact) mass is 434 g/mol. The second-order valence-electron chi connectivity index (χ2n) is 7.84. The Morgan fingerprint density at radius 3 is 2.68 bits per heavy atom. The van der Waals surface area contributed by atoms with E-state index >= 15 is 0 Å². The van der Waals surface area contributed by atoms with Crippen molar-refractivity contribution >= 4 is 20.8 Å². The lowest BCUT2D eigenvalue weighted by Gasteiger charge is -2.30. The molecule has 3 heterocycles. The maximum absolute atomic E-state index is 13.1. The zero-order valence-electron chi connectivity index (χ0n) is 17.1. The van der Waals surface area contributed by atoms with Crippen molar-refractivity contribution < 1.29 is 12.8 Å². The molecule has 5 rings (SSSR count). The number of piperidine rings is 1. The van der Waals surface area contributed by atoms with E-state index in [0.717, 1.165) is 29.2 Å². The van der Waals surface area contributed by atoms with E-state index in [9.17, 15) is 8.42 Å². The molecule has 0 N–H and O–H groups in total. The molecule has 2 aromatic carbocycles. The smallest absolute Gasteiger partial charge is 0.266 e. The third-order valence-electron chi connectivity index (χ3n) is 5.71. The summed E-state index contributed by atoms with van der Waals surface area (Å²) in [4.78, 5) is 4.74. The van der Waals surface area contributed by atoms with Gasteiger partial charge in [-0.15, -0.1) is 10.2 Å². The maximum Gasteiger partial charge on any atom is 0.266 e. The molecule has 31 heavy (non-hydrogen) atoms. The summed E-state index contributed by atoms with van der Waals surface area (Å²) in [5.74, 6) is 0.657. The van der Waals surface area contributed by atoms with E-state index in [4.69, 9.17) is 4.42 Å². The fraction of sp³-hybridized carbons (Fsp3) is 0.261. The Kier molecular flexibility index (Phi) is 5.03. The molecule has 1 saturated heterocycles. The number of aryl methyl sites for hydroxylation is 1. The van der Waals surface area contributed by atoms with Crippen LogP contribution in [0.4, 0.5) is 0 Å². The Balaban J connectivity index is 1.41. The first-order valence-corrected chi connectivity index (χ1v) is 11.7. The molecule has 0 radical (unpaired) electrons. The first-order chi connectivity index (χ1) is 15.0. The minimum Gasteiger partial charge on any atom is -0.419 e. The van der Waals surface area contributed by atoms with Crippen molar-refractivity contribution in [2.75, 3.05) is 13.1 Å². The van der Waals surface area contributed by atoms with Crippen LogP contribution in [0.5, 0.6) is 0 Å². The summed E-state index contributed by atoms with van der Waals surface area (Å²) >= 11 is 0. The van der Waals surface area contributed by atoms with Gasteiger partial charge in [-0.1, -0.05) is 42.0 Å². The van der Waals surface area contributed by atoms with E-state index in [-0.39, 0.29) is 5.92 Å². The Morgan fingerprint density at radius 2 is 1.84 bits per heavy atom. The Bertz CT molecular complexity index is 1330. The van der Waals surface area contributed by atoms with Crippen LogP contribution < -0.4 is 0 Å². The number of hydrogen-bond acceptors (Lipinski definition) is 6. The maximum atomic E-state index is 13.1. The van der Waals surface area contributed by atoms with Gasteiger partial charge < -0.3 is 4.42 Å². The molecule has 8 heteroatoms. The van der Waals surface area contributed by atoms with E-state index in [1.54, 1.807) is 18.3 Å². The van der Waals surface area contributed by atoms with Crippen molar-refractivity contribution in [3.05, 3.63) is 72.2 Å². The normalized spacial score (nSPS) is 17.8. The topological polar surface area (TPSA) is 89.2 Å². The van der Waals surface area contributed by atoms with E-state index in [0.29, 0.717) is 35.5 Å². The average Bonchev–Trinajstić information content (AvgIpc) is 3.29. The fourth-order valence-electron chi connectivity index (χ4n) is 4.01. The van der Waals surface area contributed by atoms with Crippen LogP contribution in [0.2, 0.25) is 0 Å². The molecule has 4 aromatic rings. The van der Waals surface area contributed by atoms with Crippen LogP contribution in [0.3, 0.4) is 0 Å². The summed E-state index contributed by atoms with van der Waals surface area (Å²) in [7, 11) is -3.56. The Labute approximate surface area is 180 Å². The number of sulfonamides is 1. The highest BCUT2D eigenvalue weighted by Crippen LogP contribution is 2.32. The van der Waals surface area contributed by atoms with Crippen molar-refractivity contribution in [3.8, 4) is 11.6 Å². The quantitative estimate of drug-likeness (QED) is 0.479. The predicted molar refractivity (Wildman–Crippen MR) is 117 cm³/mol. The average molecular weight is 435 g/mol. The third-order valence-corrected chi connectivity index (χ3v) is 7.59. The summed E-state index contributed by atoms with van der Waals surface area (Å²) in [6.07, 6.45) is 3.25. The van der Waals surface area contributed by atoms with E-state index in [1.807, 2.05) is 49.4 Å². The second-order valence-corrected chi connectivity index (χ2v) is 9.78. The lowest BCUT2D eigenvalue weighted by atomic mass is 10.00. The third kappa shape index (κ3) is 3.73. The highest BCUT2D eigenvalue weighted by Gasteiger charge is 2.33.